The topological polar surface area (TPSA) is 84.7 Å². The lowest BCUT2D eigenvalue weighted by atomic mass is 9.92. The average Bonchev–Trinajstić information content (AvgIpc) is 2.71. The monoisotopic (exact) mass is 383 g/mol. The summed E-state index contributed by atoms with van der Waals surface area (Å²) in [6, 6.07) is 15.2. The lowest BCUT2D eigenvalue weighted by Gasteiger charge is -2.31. The van der Waals surface area contributed by atoms with Crippen LogP contribution in [0.3, 0.4) is 0 Å². The smallest absolute Gasteiger partial charge is 0.252 e. The molecule has 2 aromatic carbocycles. The molecule has 0 saturated heterocycles. The van der Waals surface area contributed by atoms with Crippen molar-refractivity contribution in [2.24, 2.45) is 11.1 Å². The molecule has 0 aromatic heterocycles. The molecule has 150 valence electrons. The molecule has 0 aliphatic heterocycles. The van der Waals surface area contributed by atoms with Crippen molar-refractivity contribution in [2.45, 2.75) is 19.9 Å². The highest BCUT2D eigenvalue weighted by Crippen LogP contribution is 2.20. The van der Waals surface area contributed by atoms with E-state index >= 15 is 0 Å². The molecule has 3 N–H and O–H groups in total. The van der Waals surface area contributed by atoms with Gasteiger partial charge in [-0.2, -0.15) is 0 Å². The predicted octanol–water partition coefficient (Wildman–Crippen LogP) is 2.61. The molecule has 2 amide bonds. The van der Waals surface area contributed by atoms with E-state index in [1.165, 1.54) is 0 Å². The van der Waals surface area contributed by atoms with Crippen molar-refractivity contribution < 1.29 is 14.3 Å². The summed E-state index contributed by atoms with van der Waals surface area (Å²) >= 11 is 0. The fraction of sp³-hybridized carbons (Fsp3) is 0.364. The Bertz CT molecular complexity index is 788. The Balaban J connectivity index is 2.24. The van der Waals surface area contributed by atoms with Gasteiger partial charge in [-0.25, -0.2) is 0 Å². The Hall–Kier alpha value is -2.86. The molecule has 1 atom stereocenters. The van der Waals surface area contributed by atoms with Crippen LogP contribution in [0.15, 0.2) is 54.6 Å². The van der Waals surface area contributed by atoms with E-state index in [4.69, 9.17) is 10.5 Å². The zero-order valence-electron chi connectivity index (χ0n) is 16.9. The Morgan fingerprint density at radius 1 is 1.11 bits per heavy atom. The van der Waals surface area contributed by atoms with Crippen LogP contribution in [-0.4, -0.2) is 44.0 Å². The van der Waals surface area contributed by atoms with Crippen LogP contribution < -0.4 is 15.8 Å². The normalized spacial score (nSPS) is 12.2. The Morgan fingerprint density at radius 3 is 2.25 bits per heavy atom. The third-order valence-corrected chi connectivity index (χ3v) is 4.60. The molecule has 0 heterocycles. The Labute approximate surface area is 166 Å². The highest BCUT2D eigenvalue weighted by molar-refractivity contribution is 5.98. The number of nitrogens with zero attached hydrogens (tertiary/aromatic N) is 1. The van der Waals surface area contributed by atoms with Crippen molar-refractivity contribution in [1.82, 2.24) is 10.2 Å². The summed E-state index contributed by atoms with van der Waals surface area (Å²) in [6.07, 6.45) is 0. The summed E-state index contributed by atoms with van der Waals surface area (Å²) in [6.45, 7) is 4.96. The molecule has 1 unspecified atom stereocenters. The van der Waals surface area contributed by atoms with E-state index in [2.05, 4.69) is 5.32 Å². The number of nitrogens with one attached hydrogen (secondary N) is 1. The van der Waals surface area contributed by atoms with E-state index < -0.39 is 6.04 Å². The molecule has 0 radical (unpaired) electrons. The second-order valence-corrected chi connectivity index (χ2v) is 7.61. The van der Waals surface area contributed by atoms with E-state index in [1.54, 1.807) is 43.3 Å². The first-order valence-electron chi connectivity index (χ1n) is 9.22. The van der Waals surface area contributed by atoms with Crippen molar-refractivity contribution in [3.05, 3.63) is 65.7 Å². The minimum Gasteiger partial charge on any atom is -0.497 e. The summed E-state index contributed by atoms with van der Waals surface area (Å²) in [5, 5.41) is 2.87. The Kier molecular flexibility index (Phi) is 7.18. The number of rotatable bonds is 8. The Morgan fingerprint density at radius 2 is 1.71 bits per heavy atom. The fourth-order valence-electron chi connectivity index (χ4n) is 2.89. The highest BCUT2D eigenvalue weighted by Gasteiger charge is 2.29. The van der Waals surface area contributed by atoms with Gasteiger partial charge in [0.05, 0.1) is 7.11 Å². The highest BCUT2D eigenvalue weighted by atomic mass is 16.5. The molecule has 0 spiro atoms. The van der Waals surface area contributed by atoms with Gasteiger partial charge >= 0.3 is 0 Å². The third-order valence-electron chi connectivity index (χ3n) is 4.60. The number of carbonyl (C=O) groups excluding carboxylic acids is 2. The molecule has 2 rings (SSSR count). The number of carbonyl (C=O) groups is 2. The first kappa shape index (κ1) is 21.4. The van der Waals surface area contributed by atoms with Gasteiger partial charge in [0.2, 0.25) is 5.91 Å². The van der Waals surface area contributed by atoms with Crippen molar-refractivity contribution in [1.29, 1.82) is 0 Å². The molecule has 6 heteroatoms. The number of benzene rings is 2. The van der Waals surface area contributed by atoms with Crippen LogP contribution in [0.4, 0.5) is 0 Å². The quantitative estimate of drug-likeness (QED) is 0.734. The van der Waals surface area contributed by atoms with Gasteiger partial charge in [0.25, 0.3) is 5.91 Å². The molecular formula is C22H29N3O3. The maximum Gasteiger partial charge on any atom is 0.252 e. The molecular weight excluding hydrogens is 354 g/mol. The maximum atomic E-state index is 13.2. The van der Waals surface area contributed by atoms with E-state index in [-0.39, 0.29) is 17.2 Å². The summed E-state index contributed by atoms with van der Waals surface area (Å²) in [5.74, 6) is 0.155. The van der Waals surface area contributed by atoms with Crippen LogP contribution >= 0.6 is 0 Å². The van der Waals surface area contributed by atoms with Crippen molar-refractivity contribution in [3.63, 3.8) is 0 Å². The van der Waals surface area contributed by atoms with Crippen molar-refractivity contribution in [2.75, 3.05) is 27.2 Å². The van der Waals surface area contributed by atoms with Crippen LogP contribution in [0.5, 0.6) is 5.75 Å². The largest absolute Gasteiger partial charge is 0.497 e. The van der Waals surface area contributed by atoms with Gasteiger partial charge in [-0.3, -0.25) is 9.59 Å². The zero-order chi connectivity index (χ0) is 20.7. The van der Waals surface area contributed by atoms with Crippen molar-refractivity contribution in [3.8, 4) is 5.75 Å². The minimum atomic E-state index is -0.783. The number of likely N-dealkylation sites (N-methyl/N-ethyl adjacent to an activating group) is 1. The minimum absolute atomic E-state index is 0.186. The average molecular weight is 383 g/mol. The molecule has 2 aromatic rings. The molecule has 0 aliphatic rings. The first-order chi connectivity index (χ1) is 13.3. The number of nitrogens with two attached hydrogens (primary N) is 1. The molecule has 28 heavy (non-hydrogen) atoms. The zero-order valence-corrected chi connectivity index (χ0v) is 16.9. The van der Waals surface area contributed by atoms with Crippen molar-refractivity contribution >= 4 is 11.8 Å². The molecule has 0 bridgehead atoms. The molecule has 0 aliphatic carbocycles. The number of hydrogen-bond donors (Lipinski definition) is 2. The second-order valence-electron chi connectivity index (χ2n) is 7.61. The molecule has 0 fully saturated rings. The number of methoxy groups -OCH3 is 1. The van der Waals surface area contributed by atoms with Crippen LogP contribution in [-0.2, 0) is 4.79 Å². The lowest BCUT2D eigenvalue weighted by Crippen LogP contribution is -2.45. The number of ether oxygens (including phenoxy) is 1. The van der Waals surface area contributed by atoms with Gasteiger partial charge in [-0.15, -0.1) is 0 Å². The van der Waals surface area contributed by atoms with Crippen LogP contribution in [0.2, 0.25) is 0 Å². The number of hydrogen-bond acceptors (Lipinski definition) is 4. The lowest BCUT2D eigenvalue weighted by molar-refractivity contribution is -0.133. The standard InChI is InChI=1S/C22H29N3O3/c1-22(2,14-23)15-25(3)21(27)19(16-8-6-5-7-9-16)24-20(26)17-10-12-18(28-4)13-11-17/h5-13,19H,14-15,23H2,1-4H3,(H,24,26). The molecule has 0 saturated carbocycles. The summed E-state index contributed by atoms with van der Waals surface area (Å²) < 4.78 is 5.12. The van der Waals surface area contributed by atoms with Gasteiger partial charge in [0.15, 0.2) is 0 Å². The summed E-state index contributed by atoms with van der Waals surface area (Å²) in [5.41, 5.74) is 6.77. The SMILES string of the molecule is COc1ccc(C(=O)NC(C(=O)N(C)CC(C)(C)CN)c2ccccc2)cc1. The third kappa shape index (κ3) is 5.57. The van der Waals surface area contributed by atoms with Gasteiger partial charge < -0.3 is 20.7 Å². The van der Waals surface area contributed by atoms with Gasteiger partial charge in [-0.1, -0.05) is 44.2 Å². The van der Waals surface area contributed by atoms with E-state index in [9.17, 15) is 9.59 Å². The number of amides is 2. The first-order valence-corrected chi connectivity index (χ1v) is 9.22. The summed E-state index contributed by atoms with van der Waals surface area (Å²) in [4.78, 5) is 27.5. The van der Waals surface area contributed by atoms with E-state index in [0.29, 0.717) is 24.4 Å². The fourth-order valence-corrected chi connectivity index (χ4v) is 2.89. The predicted molar refractivity (Wildman–Crippen MR) is 110 cm³/mol. The molecule has 6 nitrogen and oxygen atoms in total. The van der Waals surface area contributed by atoms with Crippen LogP contribution in [0.25, 0.3) is 0 Å². The maximum absolute atomic E-state index is 13.2. The van der Waals surface area contributed by atoms with Gasteiger partial charge in [0.1, 0.15) is 11.8 Å². The van der Waals surface area contributed by atoms with Crippen LogP contribution in [0.1, 0.15) is 35.8 Å². The second kappa shape index (κ2) is 9.37. The van der Waals surface area contributed by atoms with Crippen LogP contribution in [0, 0.1) is 5.41 Å². The van der Waals surface area contributed by atoms with E-state index in [1.807, 2.05) is 44.2 Å². The van der Waals surface area contributed by atoms with Gasteiger partial charge in [0, 0.05) is 19.2 Å². The summed E-state index contributed by atoms with van der Waals surface area (Å²) in [7, 11) is 3.30. The van der Waals surface area contributed by atoms with Gasteiger partial charge in [-0.05, 0) is 41.8 Å². The van der Waals surface area contributed by atoms with E-state index in [0.717, 1.165) is 5.56 Å².